The number of hydrogen-bond acceptors (Lipinski definition) is 5. The summed E-state index contributed by atoms with van der Waals surface area (Å²) in [6, 6.07) is 20.5. The van der Waals surface area contributed by atoms with Crippen LogP contribution in [0.1, 0.15) is 59.6 Å². The molecule has 1 saturated carbocycles. The molecule has 43 heavy (non-hydrogen) atoms. The van der Waals surface area contributed by atoms with Gasteiger partial charge in [0.15, 0.2) is 11.5 Å². The van der Waals surface area contributed by atoms with Crippen molar-refractivity contribution in [1.82, 2.24) is 9.80 Å². The van der Waals surface area contributed by atoms with Gasteiger partial charge in [-0.3, -0.25) is 9.69 Å². The largest absolute Gasteiger partial charge is 0.504 e. The second-order valence-corrected chi connectivity index (χ2v) is 13.7. The molecule has 0 radical (unpaired) electrons. The number of hydrogen-bond donors (Lipinski definition) is 2. The van der Waals surface area contributed by atoms with Gasteiger partial charge < -0.3 is 19.8 Å². The summed E-state index contributed by atoms with van der Waals surface area (Å²) in [6.07, 6.45) is 3.68. The van der Waals surface area contributed by atoms with Gasteiger partial charge in [-0.05, 0) is 92.3 Å². The Bertz CT molecular complexity index is 1560. The van der Waals surface area contributed by atoms with Gasteiger partial charge >= 0.3 is 0 Å². The number of benzene rings is 3. The summed E-state index contributed by atoms with van der Waals surface area (Å²) in [6.45, 7) is 8.11. The monoisotopic (exact) mass is 580 g/mol. The summed E-state index contributed by atoms with van der Waals surface area (Å²) in [7, 11) is 1.91. The highest BCUT2D eigenvalue weighted by molar-refractivity contribution is 5.77. The lowest BCUT2D eigenvalue weighted by atomic mass is 9.46. The van der Waals surface area contributed by atoms with E-state index < -0.39 is 17.1 Å². The molecule has 6 heteroatoms. The number of carbonyl (C=O) groups is 1. The summed E-state index contributed by atoms with van der Waals surface area (Å²) >= 11 is 0. The van der Waals surface area contributed by atoms with Crippen LogP contribution in [-0.2, 0) is 29.5 Å². The third-order valence-corrected chi connectivity index (χ3v) is 11.5. The van der Waals surface area contributed by atoms with Crippen LogP contribution >= 0.6 is 0 Å². The van der Waals surface area contributed by atoms with Crippen molar-refractivity contribution in [1.29, 1.82) is 0 Å². The van der Waals surface area contributed by atoms with Crippen molar-refractivity contribution in [3.63, 3.8) is 0 Å². The number of aromatic hydroxyl groups is 1. The van der Waals surface area contributed by atoms with Gasteiger partial charge in [-0.15, -0.1) is 0 Å². The van der Waals surface area contributed by atoms with Crippen LogP contribution in [0.4, 0.5) is 0 Å². The number of nitrogens with zero attached hydrogens (tertiary/aromatic N) is 2. The standard InChI is InChI=1S/C37H44N2O4/c1-23-10-11-27(20-24(23)2)12-15-31(41)38(4)33-25(3)22-37(42)30-21-28-13-14-29(40)34-32(28)36(37,35(33)43-34)17-19-39(30)18-16-26-8-6-5-7-9-26/h5-11,13-14,20,25,30,33,35,40,42H,12,15-19,21-22H2,1-4H3/t25?,30-,33?,35?,36+,37-/m1/s1. The molecule has 1 spiro atoms. The van der Waals surface area contributed by atoms with Crippen molar-refractivity contribution in [2.75, 3.05) is 20.1 Å². The zero-order chi connectivity index (χ0) is 30.1. The molecule has 2 bridgehead atoms. The molecule has 6 atom stereocenters. The number of rotatable bonds is 7. The normalized spacial score (nSPS) is 30.4. The van der Waals surface area contributed by atoms with Crippen LogP contribution in [0.5, 0.6) is 11.5 Å². The molecule has 2 aliphatic carbocycles. The molecule has 1 saturated heterocycles. The predicted octanol–water partition coefficient (Wildman–Crippen LogP) is 5.11. The van der Waals surface area contributed by atoms with E-state index in [0.717, 1.165) is 43.5 Å². The Morgan fingerprint density at radius 1 is 1.05 bits per heavy atom. The molecule has 2 N–H and O–H groups in total. The predicted molar refractivity (Wildman–Crippen MR) is 168 cm³/mol. The molecule has 226 valence electrons. The number of amides is 1. The first kappa shape index (κ1) is 28.4. The lowest BCUT2D eigenvalue weighted by Crippen LogP contribution is -2.79. The van der Waals surface area contributed by atoms with Crippen LogP contribution in [0.3, 0.4) is 0 Å². The maximum Gasteiger partial charge on any atom is 0.223 e. The van der Waals surface area contributed by atoms with Crippen molar-refractivity contribution >= 4 is 5.91 Å². The first-order valence-corrected chi connectivity index (χ1v) is 16.0. The average molecular weight is 581 g/mol. The van der Waals surface area contributed by atoms with E-state index in [0.29, 0.717) is 25.0 Å². The number of ether oxygens (including phenoxy) is 1. The minimum Gasteiger partial charge on any atom is -0.504 e. The summed E-state index contributed by atoms with van der Waals surface area (Å²) < 4.78 is 6.76. The number of phenols is 1. The van der Waals surface area contributed by atoms with E-state index in [2.05, 4.69) is 68.1 Å². The van der Waals surface area contributed by atoms with Gasteiger partial charge in [0.05, 0.1) is 17.1 Å². The van der Waals surface area contributed by atoms with Crippen molar-refractivity contribution in [2.45, 2.75) is 88.5 Å². The highest BCUT2D eigenvalue weighted by Gasteiger charge is 2.74. The molecule has 2 heterocycles. The first-order valence-electron chi connectivity index (χ1n) is 16.0. The lowest BCUT2D eigenvalue weighted by molar-refractivity contribution is -0.212. The molecule has 4 aliphatic rings. The van der Waals surface area contributed by atoms with Crippen LogP contribution in [0.25, 0.3) is 0 Å². The van der Waals surface area contributed by atoms with E-state index >= 15 is 0 Å². The van der Waals surface area contributed by atoms with E-state index in [9.17, 15) is 15.0 Å². The maximum absolute atomic E-state index is 13.8. The SMILES string of the molecule is Cc1ccc(CCC(=O)N(C)C2C(C)C[C@@]3(O)[C@H]4Cc5ccc(O)c6c5[C@@]3(CCN4CCc3ccccc3)C2O6)cc1C. The number of phenolic OH excluding ortho intramolecular Hbond substituents is 1. The maximum atomic E-state index is 13.8. The fourth-order valence-corrected chi connectivity index (χ4v) is 9.20. The molecule has 2 fully saturated rings. The molecule has 7 rings (SSSR count). The lowest BCUT2D eigenvalue weighted by Gasteiger charge is -2.66. The van der Waals surface area contributed by atoms with Gasteiger partial charge in [-0.2, -0.15) is 0 Å². The Kier molecular flexibility index (Phi) is 6.86. The van der Waals surface area contributed by atoms with E-state index in [1.54, 1.807) is 6.07 Å². The third-order valence-electron chi connectivity index (χ3n) is 11.5. The number of aliphatic hydroxyl groups is 1. The van der Waals surface area contributed by atoms with Gasteiger partial charge in [-0.25, -0.2) is 0 Å². The van der Waals surface area contributed by atoms with E-state index in [4.69, 9.17) is 4.74 Å². The zero-order valence-electron chi connectivity index (χ0n) is 25.8. The Balaban J connectivity index is 1.20. The first-order chi connectivity index (χ1) is 20.6. The van der Waals surface area contributed by atoms with Crippen LogP contribution in [0.15, 0.2) is 60.7 Å². The molecule has 3 aromatic carbocycles. The van der Waals surface area contributed by atoms with Gasteiger partial charge in [0.1, 0.15) is 6.10 Å². The number of likely N-dealkylation sites (N-methyl/N-ethyl adjacent to an activating group) is 1. The summed E-state index contributed by atoms with van der Waals surface area (Å²) in [5, 5.41) is 24.0. The van der Waals surface area contributed by atoms with Crippen LogP contribution < -0.4 is 4.74 Å². The van der Waals surface area contributed by atoms with Crippen molar-refractivity contribution in [3.8, 4) is 11.5 Å². The highest BCUT2D eigenvalue weighted by atomic mass is 16.5. The molecule has 2 aliphatic heterocycles. The van der Waals surface area contributed by atoms with E-state index in [1.807, 2.05) is 24.1 Å². The van der Waals surface area contributed by atoms with Gasteiger partial charge in [0.2, 0.25) is 5.91 Å². The fourth-order valence-electron chi connectivity index (χ4n) is 9.20. The fraction of sp³-hybridized carbons (Fsp3) is 0.486. The second-order valence-electron chi connectivity index (χ2n) is 13.7. The summed E-state index contributed by atoms with van der Waals surface area (Å²) in [5.74, 6) is 0.763. The molecule has 1 amide bonds. The Labute approximate surface area is 255 Å². The minimum absolute atomic E-state index is 0.0215. The third kappa shape index (κ3) is 4.24. The van der Waals surface area contributed by atoms with Crippen molar-refractivity contribution in [2.24, 2.45) is 5.92 Å². The van der Waals surface area contributed by atoms with Crippen molar-refractivity contribution < 1.29 is 19.7 Å². The van der Waals surface area contributed by atoms with E-state index in [-0.39, 0.29) is 29.7 Å². The Morgan fingerprint density at radius 3 is 2.60 bits per heavy atom. The molecule has 3 unspecified atom stereocenters. The minimum atomic E-state index is -1.02. The Morgan fingerprint density at radius 2 is 1.84 bits per heavy atom. The smallest absolute Gasteiger partial charge is 0.223 e. The number of likely N-dealkylation sites (tertiary alicyclic amines) is 1. The molecule has 0 aromatic heterocycles. The Hall–Kier alpha value is -3.35. The molecular formula is C37H44N2O4. The quantitative estimate of drug-likeness (QED) is 0.406. The molecule has 6 nitrogen and oxygen atoms in total. The van der Waals surface area contributed by atoms with E-state index in [1.165, 1.54) is 22.3 Å². The van der Waals surface area contributed by atoms with Crippen LogP contribution in [-0.4, -0.2) is 69.8 Å². The van der Waals surface area contributed by atoms with Crippen LogP contribution in [0, 0.1) is 19.8 Å². The number of carbonyl (C=O) groups excluding carboxylic acids is 1. The summed E-state index contributed by atoms with van der Waals surface area (Å²) in [5.41, 5.74) is 5.45. The van der Waals surface area contributed by atoms with Gasteiger partial charge in [-0.1, -0.05) is 61.5 Å². The van der Waals surface area contributed by atoms with Gasteiger partial charge in [0.25, 0.3) is 0 Å². The average Bonchev–Trinajstić information content (AvgIpc) is 3.34. The van der Waals surface area contributed by atoms with Crippen molar-refractivity contribution in [3.05, 3.63) is 94.0 Å². The number of piperidine rings is 1. The zero-order valence-corrected chi connectivity index (χ0v) is 25.8. The topological polar surface area (TPSA) is 73.2 Å². The number of aryl methyl sites for hydroxylation is 3. The van der Waals surface area contributed by atoms with Crippen LogP contribution in [0.2, 0.25) is 0 Å². The molecule has 3 aromatic rings. The van der Waals surface area contributed by atoms with Gasteiger partial charge in [0, 0.05) is 31.6 Å². The second kappa shape index (κ2) is 10.4. The summed E-state index contributed by atoms with van der Waals surface area (Å²) in [4.78, 5) is 18.2. The molecular weight excluding hydrogens is 536 g/mol. The highest BCUT2D eigenvalue weighted by Crippen LogP contribution is 2.66.